The summed E-state index contributed by atoms with van der Waals surface area (Å²) in [4.78, 5) is 0. The van der Waals surface area contributed by atoms with Crippen molar-refractivity contribution in [1.82, 2.24) is 5.32 Å². The van der Waals surface area contributed by atoms with Gasteiger partial charge in [-0.1, -0.05) is 32.9 Å². The molecule has 0 amide bonds. The standard InChI is InChI=1S/C17H29NO2/c1-5-12-20-16-8-6-15(7-9-16)17(19)14(4)18-11-10-13(2)3/h6-9,13-14,17-19H,5,10-12H2,1-4H3. The highest BCUT2D eigenvalue weighted by atomic mass is 16.5. The molecule has 0 saturated carbocycles. The summed E-state index contributed by atoms with van der Waals surface area (Å²) in [6, 6.07) is 7.78. The second-order valence-electron chi connectivity index (χ2n) is 5.79. The molecule has 20 heavy (non-hydrogen) atoms. The summed E-state index contributed by atoms with van der Waals surface area (Å²) < 4.78 is 5.54. The topological polar surface area (TPSA) is 41.5 Å². The first kappa shape index (κ1) is 17.0. The van der Waals surface area contributed by atoms with Crippen LogP contribution in [0.1, 0.15) is 52.2 Å². The predicted molar refractivity (Wildman–Crippen MR) is 84.1 cm³/mol. The molecular weight excluding hydrogens is 250 g/mol. The highest BCUT2D eigenvalue weighted by molar-refractivity contribution is 5.29. The maximum absolute atomic E-state index is 10.3. The summed E-state index contributed by atoms with van der Waals surface area (Å²) in [5, 5.41) is 13.7. The molecule has 1 aromatic carbocycles. The van der Waals surface area contributed by atoms with Crippen molar-refractivity contribution >= 4 is 0 Å². The van der Waals surface area contributed by atoms with Crippen molar-refractivity contribution < 1.29 is 9.84 Å². The van der Waals surface area contributed by atoms with Gasteiger partial charge in [-0.15, -0.1) is 0 Å². The van der Waals surface area contributed by atoms with Crippen LogP contribution in [-0.4, -0.2) is 24.3 Å². The average Bonchev–Trinajstić information content (AvgIpc) is 2.44. The third-order valence-electron chi connectivity index (χ3n) is 3.36. The summed E-state index contributed by atoms with van der Waals surface area (Å²) >= 11 is 0. The third-order valence-corrected chi connectivity index (χ3v) is 3.36. The quantitative estimate of drug-likeness (QED) is 0.726. The third kappa shape index (κ3) is 5.93. The molecule has 0 aliphatic carbocycles. The van der Waals surface area contributed by atoms with E-state index in [-0.39, 0.29) is 6.04 Å². The minimum Gasteiger partial charge on any atom is -0.494 e. The summed E-state index contributed by atoms with van der Waals surface area (Å²) in [7, 11) is 0. The maximum Gasteiger partial charge on any atom is 0.119 e. The number of aliphatic hydroxyl groups is 1. The zero-order valence-corrected chi connectivity index (χ0v) is 13.2. The Morgan fingerprint density at radius 2 is 1.80 bits per heavy atom. The van der Waals surface area contributed by atoms with Crippen molar-refractivity contribution in [3.63, 3.8) is 0 Å². The normalized spacial score (nSPS) is 14.3. The molecule has 3 heteroatoms. The molecule has 3 nitrogen and oxygen atoms in total. The highest BCUT2D eigenvalue weighted by Crippen LogP contribution is 2.20. The van der Waals surface area contributed by atoms with Crippen LogP contribution in [0.15, 0.2) is 24.3 Å². The van der Waals surface area contributed by atoms with Crippen LogP contribution >= 0.6 is 0 Å². The fourth-order valence-electron chi connectivity index (χ4n) is 1.98. The Morgan fingerprint density at radius 1 is 1.15 bits per heavy atom. The van der Waals surface area contributed by atoms with Gasteiger partial charge < -0.3 is 15.2 Å². The van der Waals surface area contributed by atoms with E-state index in [1.165, 1.54) is 0 Å². The van der Waals surface area contributed by atoms with Crippen molar-refractivity contribution in [3.8, 4) is 5.75 Å². The van der Waals surface area contributed by atoms with Gasteiger partial charge in [-0.3, -0.25) is 0 Å². The lowest BCUT2D eigenvalue weighted by atomic mass is 10.0. The smallest absolute Gasteiger partial charge is 0.119 e. The van der Waals surface area contributed by atoms with E-state index >= 15 is 0 Å². The van der Waals surface area contributed by atoms with Gasteiger partial charge in [0, 0.05) is 6.04 Å². The minimum atomic E-state index is -0.484. The zero-order chi connectivity index (χ0) is 15.0. The van der Waals surface area contributed by atoms with Crippen molar-refractivity contribution in [1.29, 1.82) is 0 Å². The number of rotatable bonds is 9. The van der Waals surface area contributed by atoms with Gasteiger partial charge in [-0.25, -0.2) is 0 Å². The molecule has 0 aliphatic rings. The van der Waals surface area contributed by atoms with Gasteiger partial charge in [0.15, 0.2) is 0 Å². The number of hydrogen-bond donors (Lipinski definition) is 2. The van der Waals surface area contributed by atoms with E-state index in [0.29, 0.717) is 5.92 Å². The number of nitrogens with one attached hydrogen (secondary N) is 1. The predicted octanol–water partition coefficient (Wildman–Crippen LogP) is 3.53. The Morgan fingerprint density at radius 3 is 2.35 bits per heavy atom. The highest BCUT2D eigenvalue weighted by Gasteiger charge is 2.15. The molecule has 2 atom stereocenters. The van der Waals surface area contributed by atoms with Crippen LogP contribution < -0.4 is 10.1 Å². The maximum atomic E-state index is 10.3. The number of ether oxygens (including phenoxy) is 1. The second kappa shape index (κ2) is 8.98. The lowest BCUT2D eigenvalue weighted by molar-refractivity contribution is 0.135. The zero-order valence-electron chi connectivity index (χ0n) is 13.2. The van der Waals surface area contributed by atoms with Crippen molar-refractivity contribution in [2.45, 2.75) is 52.7 Å². The Balaban J connectivity index is 2.47. The molecule has 0 bridgehead atoms. The molecule has 1 aromatic rings. The Kier molecular flexibility index (Phi) is 7.63. The fourth-order valence-corrected chi connectivity index (χ4v) is 1.98. The first-order valence-electron chi connectivity index (χ1n) is 7.68. The summed E-state index contributed by atoms with van der Waals surface area (Å²) in [6.45, 7) is 10.2. The number of benzene rings is 1. The molecule has 0 fully saturated rings. The second-order valence-corrected chi connectivity index (χ2v) is 5.79. The molecule has 2 N–H and O–H groups in total. The first-order chi connectivity index (χ1) is 9.54. The Bertz CT molecular complexity index is 362. The number of aliphatic hydroxyl groups excluding tert-OH is 1. The van der Waals surface area contributed by atoms with Gasteiger partial charge >= 0.3 is 0 Å². The van der Waals surface area contributed by atoms with Gasteiger partial charge in [0.25, 0.3) is 0 Å². The van der Waals surface area contributed by atoms with E-state index in [1.807, 2.05) is 31.2 Å². The molecule has 0 saturated heterocycles. The molecule has 0 aromatic heterocycles. The molecule has 2 unspecified atom stereocenters. The molecular formula is C17H29NO2. The van der Waals surface area contributed by atoms with Gasteiger partial charge in [-0.2, -0.15) is 0 Å². The van der Waals surface area contributed by atoms with Crippen LogP contribution in [0.25, 0.3) is 0 Å². The minimum absolute atomic E-state index is 0.0520. The number of hydrogen-bond acceptors (Lipinski definition) is 3. The van der Waals surface area contributed by atoms with E-state index in [0.717, 1.165) is 37.3 Å². The van der Waals surface area contributed by atoms with Gasteiger partial charge in [0.05, 0.1) is 12.7 Å². The van der Waals surface area contributed by atoms with Crippen molar-refractivity contribution in [3.05, 3.63) is 29.8 Å². The van der Waals surface area contributed by atoms with E-state index in [9.17, 15) is 5.11 Å². The van der Waals surface area contributed by atoms with E-state index in [4.69, 9.17) is 4.74 Å². The Labute approximate surface area is 123 Å². The summed E-state index contributed by atoms with van der Waals surface area (Å²) in [6.07, 6.45) is 1.64. The molecule has 1 rings (SSSR count). The Hall–Kier alpha value is -1.06. The largest absolute Gasteiger partial charge is 0.494 e. The van der Waals surface area contributed by atoms with Gasteiger partial charge in [0.2, 0.25) is 0 Å². The SMILES string of the molecule is CCCOc1ccc(C(O)C(C)NCCC(C)C)cc1. The van der Waals surface area contributed by atoms with Crippen LogP contribution in [0.4, 0.5) is 0 Å². The van der Waals surface area contributed by atoms with Crippen molar-refractivity contribution in [2.75, 3.05) is 13.2 Å². The first-order valence-corrected chi connectivity index (χ1v) is 7.68. The lowest BCUT2D eigenvalue weighted by Gasteiger charge is -2.21. The van der Waals surface area contributed by atoms with Crippen LogP contribution in [-0.2, 0) is 0 Å². The molecule has 0 aliphatic heterocycles. The van der Waals surface area contributed by atoms with Crippen LogP contribution in [0.5, 0.6) is 5.75 Å². The monoisotopic (exact) mass is 279 g/mol. The van der Waals surface area contributed by atoms with Gasteiger partial charge in [-0.05, 0) is 49.9 Å². The lowest BCUT2D eigenvalue weighted by Crippen LogP contribution is -2.33. The molecule has 0 heterocycles. The fraction of sp³-hybridized carbons (Fsp3) is 0.647. The van der Waals surface area contributed by atoms with E-state index in [2.05, 4.69) is 26.1 Å². The van der Waals surface area contributed by atoms with E-state index < -0.39 is 6.10 Å². The van der Waals surface area contributed by atoms with Crippen molar-refractivity contribution in [2.24, 2.45) is 5.92 Å². The van der Waals surface area contributed by atoms with Gasteiger partial charge in [0.1, 0.15) is 5.75 Å². The average molecular weight is 279 g/mol. The molecule has 0 radical (unpaired) electrons. The summed E-state index contributed by atoms with van der Waals surface area (Å²) in [5.41, 5.74) is 0.929. The molecule has 0 spiro atoms. The van der Waals surface area contributed by atoms with Crippen LogP contribution in [0, 0.1) is 5.92 Å². The summed E-state index contributed by atoms with van der Waals surface area (Å²) in [5.74, 6) is 1.55. The van der Waals surface area contributed by atoms with Crippen LogP contribution in [0.3, 0.4) is 0 Å². The van der Waals surface area contributed by atoms with E-state index in [1.54, 1.807) is 0 Å². The van der Waals surface area contributed by atoms with Crippen LogP contribution in [0.2, 0.25) is 0 Å². The molecule has 114 valence electrons.